The van der Waals surface area contributed by atoms with Gasteiger partial charge in [0.25, 0.3) is 0 Å². The van der Waals surface area contributed by atoms with Gasteiger partial charge in [-0.2, -0.15) is 0 Å². The smallest absolute Gasteiger partial charge is 0.241 e. The monoisotopic (exact) mass is 438 g/mol. The quantitative estimate of drug-likeness (QED) is 0.759. The fraction of sp³-hybridized carbons (Fsp3) is 0.571. The molecule has 0 bridgehead atoms. The van der Waals surface area contributed by atoms with Crippen molar-refractivity contribution < 1.29 is 8.42 Å². The molecule has 0 spiro atoms. The van der Waals surface area contributed by atoms with Crippen LogP contribution >= 0.6 is 31.9 Å². The molecule has 7 heteroatoms. The molecule has 0 atom stereocenters. The molecule has 0 saturated heterocycles. The van der Waals surface area contributed by atoms with Crippen molar-refractivity contribution in [2.75, 3.05) is 0 Å². The molecule has 21 heavy (non-hydrogen) atoms. The molecule has 1 fully saturated rings. The van der Waals surface area contributed by atoms with E-state index in [1.54, 1.807) is 18.2 Å². The van der Waals surface area contributed by atoms with E-state index >= 15 is 0 Å². The van der Waals surface area contributed by atoms with E-state index in [1.807, 2.05) is 27.7 Å². The third-order valence-electron chi connectivity index (χ3n) is 4.55. The Balaban J connectivity index is 2.34. The highest BCUT2D eigenvalue weighted by atomic mass is 79.9. The number of sulfonamides is 1. The average molecular weight is 440 g/mol. The minimum Gasteiger partial charge on any atom is -0.327 e. The van der Waals surface area contributed by atoms with Gasteiger partial charge < -0.3 is 5.73 Å². The highest BCUT2D eigenvalue weighted by molar-refractivity contribution is 9.11. The first kappa shape index (κ1) is 17.4. The number of benzene rings is 1. The normalized spacial score (nSPS) is 27.2. The number of halogens is 2. The highest BCUT2D eigenvalue weighted by Gasteiger charge is 2.61. The van der Waals surface area contributed by atoms with E-state index in [9.17, 15) is 8.42 Å². The van der Waals surface area contributed by atoms with Gasteiger partial charge in [0, 0.05) is 21.0 Å². The lowest BCUT2D eigenvalue weighted by Crippen LogP contribution is -2.75. The fourth-order valence-corrected chi connectivity index (χ4v) is 6.69. The second-order valence-corrected chi connectivity index (χ2v) is 10.2. The van der Waals surface area contributed by atoms with E-state index < -0.39 is 10.0 Å². The first-order valence-electron chi connectivity index (χ1n) is 6.63. The summed E-state index contributed by atoms with van der Waals surface area (Å²) in [6.07, 6.45) is 0. The number of nitrogens with two attached hydrogens (primary N) is 1. The Morgan fingerprint density at radius 1 is 1.14 bits per heavy atom. The average Bonchev–Trinajstić information content (AvgIpc) is 2.34. The Bertz CT molecular complexity index is 656. The molecule has 1 aromatic carbocycles. The number of hydrogen-bond donors (Lipinski definition) is 2. The van der Waals surface area contributed by atoms with Crippen LogP contribution in [0.4, 0.5) is 0 Å². The van der Waals surface area contributed by atoms with Crippen molar-refractivity contribution >= 4 is 41.9 Å². The molecule has 1 aliphatic rings. The molecule has 1 aliphatic carbocycles. The molecule has 118 valence electrons. The van der Waals surface area contributed by atoms with Crippen molar-refractivity contribution in [3.8, 4) is 0 Å². The zero-order valence-electron chi connectivity index (χ0n) is 12.4. The molecular formula is C14H20Br2N2O2S. The van der Waals surface area contributed by atoms with Crippen LogP contribution in [-0.4, -0.2) is 20.5 Å². The van der Waals surface area contributed by atoms with Crippen molar-refractivity contribution in [3.05, 3.63) is 27.1 Å². The highest BCUT2D eigenvalue weighted by Crippen LogP contribution is 2.53. The van der Waals surface area contributed by atoms with Crippen LogP contribution in [0.15, 0.2) is 32.0 Å². The molecule has 3 N–H and O–H groups in total. The van der Waals surface area contributed by atoms with E-state index in [0.717, 1.165) is 4.47 Å². The minimum absolute atomic E-state index is 0.0499. The Morgan fingerprint density at radius 3 is 2.14 bits per heavy atom. The predicted molar refractivity (Wildman–Crippen MR) is 91.5 cm³/mol. The zero-order valence-corrected chi connectivity index (χ0v) is 16.4. The van der Waals surface area contributed by atoms with Gasteiger partial charge in [-0.15, -0.1) is 0 Å². The number of rotatable bonds is 3. The van der Waals surface area contributed by atoms with Gasteiger partial charge >= 0.3 is 0 Å². The van der Waals surface area contributed by atoms with Crippen LogP contribution in [-0.2, 0) is 10.0 Å². The summed E-state index contributed by atoms with van der Waals surface area (Å²) in [7, 11) is -3.61. The summed E-state index contributed by atoms with van der Waals surface area (Å²) in [5.41, 5.74) is 5.62. The summed E-state index contributed by atoms with van der Waals surface area (Å²) in [6, 6.07) is 4.75. The summed E-state index contributed by atoms with van der Waals surface area (Å²) in [6.45, 7) is 7.97. The topological polar surface area (TPSA) is 72.2 Å². The van der Waals surface area contributed by atoms with Crippen LogP contribution in [0.1, 0.15) is 27.7 Å². The Morgan fingerprint density at radius 2 is 1.67 bits per heavy atom. The summed E-state index contributed by atoms with van der Waals surface area (Å²) in [5.74, 6) is 0. The van der Waals surface area contributed by atoms with Crippen LogP contribution in [0.2, 0.25) is 0 Å². The van der Waals surface area contributed by atoms with Crippen molar-refractivity contribution in [1.82, 2.24) is 4.72 Å². The molecule has 2 rings (SSSR count). The summed E-state index contributed by atoms with van der Waals surface area (Å²) in [4.78, 5) is 0.234. The zero-order chi connectivity index (χ0) is 16.2. The van der Waals surface area contributed by atoms with Gasteiger partial charge in [0.1, 0.15) is 0 Å². The molecule has 1 saturated carbocycles. The molecule has 0 unspecified atom stereocenters. The second kappa shape index (κ2) is 5.30. The first-order chi connectivity index (χ1) is 9.40. The first-order valence-corrected chi connectivity index (χ1v) is 9.70. The van der Waals surface area contributed by atoms with Gasteiger partial charge in [0.2, 0.25) is 10.0 Å². The fourth-order valence-electron chi connectivity index (χ4n) is 3.40. The standard InChI is InChI=1S/C14H20Br2N2O2S/c1-13(2)11(17)14(3,4)12(13)18-21(19,20)10-6-5-8(15)7-9(10)16/h5-7,11-12,18H,17H2,1-4H3. The lowest BCUT2D eigenvalue weighted by Gasteiger charge is -2.62. The van der Waals surface area contributed by atoms with Gasteiger partial charge in [0.05, 0.1) is 4.90 Å². The van der Waals surface area contributed by atoms with Crippen molar-refractivity contribution in [1.29, 1.82) is 0 Å². The molecule has 0 heterocycles. The van der Waals surface area contributed by atoms with Crippen LogP contribution in [0.25, 0.3) is 0 Å². The van der Waals surface area contributed by atoms with Crippen molar-refractivity contribution in [2.24, 2.45) is 16.6 Å². The van der Waals surface area contributed by atoms with Crippen molar-refractivity contribution in [3.63, 3.8) is 0 Å². The summed E-state index contributed by atoms with van der Waals surface area (Å²) in [5, 5.41) is 0. The maximum atomic E-state index is 12.7. The van der Waals surface area contributed by atoms with Crippen LogP contribution in [0.5, 0.6) is 0 Å². The van der Waals surface area contributed by atoms with E-state index in [4.69, 9.17) is 5.73 Å². The number of nitrogens with one attached hydrogen (secondary N) is 1. The molecule has 0 radical (unpaired) electrons. The SMILES string of the molecule is CC1(C)C(N)C(C)(C)C1NS(=O)(=O)c1ccc(Br)cc1Br. The van der Waals surface area contributed by atoms with Gasteiger partial charge in [-0.1, -0.05) is 43.6 Å². The van der Waals surface area contributed by atoms with E-state index in [1.165, 1.54) is 0 Å². The minimum atomic E-state index is -3.61. The summed E-state index contributed by atoms with van der Waals surface area (Å²) >= 11 is 6.63. The van der Waals surface area contributed by atoms with Gasteiger partial charge in [-0.05, 0) is 45.0 Å². The molecule has 0 amide bonds. The van der Waals surface area contributed by atoms with Crippen LogP contribution in [0.3, 0.4) is 0 Å². The maximum absolute atomic E-state index is 12.7. The largest absolute Gasteiger partial charge is 0.327 e. The molecule has 0 aromatic heterocycles. The lowest BCUT2D eigenvalue weighted by atomic mass is 9.49. The predicted octanol–water partition coefficient (Wildman–Crippen LogP) is 3.25. The van der Waals surface area contributed by atoms with E-state index in [2.05, 4.69) is 36.6 Å². The molecular weight excluding hydrogens is 420 g/mol. The number of hydrogen-bond acceptors (Lipinski definition) is 3. The molecule has 4 nitrogen and oxygen atoms in total. The van der Waals surface area contributed by atoms with E-state index in [0.29, 0.717) is 4.47 Å². The third kappa shape index (κ3) is 2.83. The molecule has 1 aromatic rings. The lowest BCUT2D eigenvalue weighted by molar-refractivity contribution is -0.0593. The molecule has 0 aliphatic heterocycles. The third-order valence-corrected chi connectivity index (χ3v) is 7.44. The van der Waals surface area contributed by atoms with Gasteiger partial charge in [0.15, 0.2) is 0 Å². The maximum Gasteiger partial charge on any atom is 0.241 e. The van der Waals surface area contributed by atoms with Gasteiger partial charge in [-0.3, -0.25) is 0 Å². The second-order valence-electron chi connectivity index (χ2n) is 6.75. The van der Waals surface area contributed by atoms with Crippen LogP contribution in [0, 0.1) is 10.8 Å². The van der Waals surface area contributed by atoms with Crippen LogP contribution < -0.4 is 10.5 Å². The Kier molecular flexibility index (Phi) is 4.39. The summed E-state index contributed by atoms with van der Waals surface area (Å²) < 4.78 is 29.5. The van der Waals surface area contributed by atoms with Gasteiger partial charge in [-0.25, -0.2) is 13.1 Å². The Labute approximate surface area is 143 Å². The van der Waals surface area contributed by atoms with E-state index in [-0.39, 0.29) is 27.8 Å². The van der Waals surface area contributed by atoms with Crippen molar-refractivity contribution in [2.45, 2.75) is 44.7 Å². The Hall–Kier alpha value is 0.0500.